The maximum absolute atomic E-state index is 5.75. The van der Waals surface area contributed by atoms with Crippen molar-refractivity contribution in [1.82, 2.24) is 0 Å². The maximum Gasteiger partial charge on any atom is 0.502 e. The van der Waals surface area contributed by atoms with Gasteiger partial charge in [-0.2, -0.15) is 0 Å². The van der Waals surface area contributed by atoms with Gasteiger partial charge in [0, 0.05) is 39.5 Å². The summed E-state index contributed by atoms with van der Waals surface area (Å²) in [7, 11) is 0.630. The molecule has 0 heterocycles. The number of rotatable bonds is 8. The van der Waals surface area contributed by atoms with Crippen molar-refractivity contribution in [2.75, 3.05) is 27.4 Å². The summed E-state index contributed by atoms with van der Waals surface area (Å²) in [4.78, 5) is 0. The molecule has 6 heteroatoms. The van der Waals surface area contributed by atoms with Gasteiger partial charge < -0.3 is 24.7 Å². The van der Waals surface area contributed by atoms with Gasteiger partial charge in [0.25, 0.3) is 0 Å². The second-order valence-corrected chi connectivity index (χ2v) is 6.02. The van der Waals surface area contributed by atoms with Crippen molar-refractivity contribution in [3.8, 4) is 0 Å². The molecule has 14 heavy (non-hydrogen) atoms. The van der Waals surface area contributed by atoms with Gasteiger partial charge in [-0.15, -0.1) is 0 Å². The third-order valence-electron chi connectivity index (χ3n) is 1.96. The van der Waals surface area contributed by atoms with Gasteiger partial charge in [-0.25, -0.2) is 0 Å². The topological polar surface area (TPSA) is 79.7 Å². The van der Waals surface area contributed by atoms with E-state index in [0.29, 0.717) is 19.2 Å². The predicted molar refractivity (Wildman–Crippen MR) is 57.9 cm³/mol. The van der Waals surface area contributed by atoms with Crippen LogP contribution in [0, 0.1) is 0 Å². The molecule has 0 aliphatic heterocycles. The van der Waals surface area contributed by atoms with Gasteiger partial charge in [0.2, 0.25) is 0 Å². The molecule has 0 amide bonds. The maximum atomic E-state index is 5.75. The molecule has 0 spiro atoms. The Hall–Kier alpha value is 0.0169. The third-order valence-corrected chi connectivity index (χ3v) is 4.88. The largest absolute Gasteiger partial charge is 0.502 e. The van der Waals surface area contributed by atoms with Crippen LogP contribution in [0.5, 0.6) is 0 Å². The van der Waals surface area contributed by atoms with E-state index in [0.717, 1.165) is 6.42 Å². The van der Waals surface area contributed by atoms with Crippen LogP contribution in [0.15, 0.2) is 0 Å². The van der Waals surface area contributed by atoms with E-state index in [-0.39, 0.29) is 6.04 Å². The Balaban J connectivity index is 4.20. The normalized spacial score (nSPS) is 14.4. The van der Waals surface area contributed by atoms with Gasteiger partial charge in [0.1, 0.15) is 0 Å². The van der Waals surface area contributed by atoms with Crippen molar-refractivity contribution in [3.05, 3.63) is 0 Å². The molecule has 0 radical (unpaired) electrons. The molecule has 0 saturated heterocycles. The van der Waals surface area contributed by atoms with Gasteiger partial charge in [-0.1, -0.05) is 6.92 Å². The first-order chi connectivity index (χ1) is 6.64. The lowest BCUT2D eigenvalue weighted by Gasteiger charge is -2.28. The lowest BCUT2D eigenvalue weighted by atomic mass is 10.4. The van der Waals surface area contributed by atoms with Gasteiger partial charge in [0.05, 0.1) is 0 Å². The highest BCUT2D eigenvalue weighted by Gasteiger charge is 2.40. The Bertz CT molecular complexity index is 145. The van der Waals surface area contributed by atoms with Crippen LogP contribution >= 0.6 is 0 Å². The van der Waals surface area contributed by atoms with Crippen molar-refractivity contribution in [2.24, 2.45) is 11.5 Å². The molecule has 1 unspecified atom stereocenters. The molecule has 4 N–H and O–H groups in total. The minimum absolute atomic E-state index is 0.126. The van der Waals surface area contributed by atoms with Crippen LogP contribution in [0.1, 0.15) is 13.3 Å². The quantitative estimate of drug-likeness (QED) is 0.562. The van der Waals surface area contributed by atoms with Gasteiger partial charge >= 0.3 is 8.80 Å². The monoisotopic (exact) mass is 222 g/mol. The van der Waals surface area contributed by atoms with Gasteiger partial charge in [-0.3, -0.25) is 0 Å². The summed E-state index contributed by atoms with van der Waals surface area (Å²) < 4.78 is 16.2. The number of hydrogen-bond donors (Lipinski definition) is 2. The fraction of sp³-hybridized carbons (Fsp3) is 1.00. The average Bonchev–Trinajstić information content (AvgIpc) is 2.24. The molecule has 1 atom stereocenters. The Morgan fingerprint density at radius 2 is 1.86 bits per heavy atom. The lowest BCUT2D eigenvalue weighted by Crippen LogP contribution is -2.50. The summed E-state index contributed by atoms with van der Waals surface area (Å²) in [6, 6.07) is 0.440. The van der Waals surface area contributed by atoms with Crippen LogP contribution < -0.4 is 11.5 Å². The van der Waals surface area contributed by atoms with Crippen molar-refractivity contribution in [2.45, 2.75) is 25.4 Å². The Morgan fingerprint density at radius 3 is 2.21 bits per heavy atom. The molecular weight excluding hydrogens is 200 g/mol. The molecule has 0 aromatic heterocycles. The van der Waals surface area contributed by atoms with E-state index in [1.165, 1.54) is 0 Å². The SMILES string of the molecule is CCCO[Si](CC(N)CN)(OC)OC. The Morgan fingerprint density at radius 1 is 1.29 bits per heavy atom. The van der Waals surface area contributed by atoms with Crippen molar-refractivity contribution < 1.29 is 13.3 Å². The zero-order valence-electron chi connectivity index (χ0n) is 9.29. The highest BCUT2D eigenvalue weighted by molar-refractivity contribution is 6.60. The van der Waals surface area contributed by atoms with Crippen molar-refractivity contribution in [1.29, 1.82) is 0 Å². The fourth-order valence-electron chi connectivity index (χ4n) is 1.09. The molecule has 0 aromatic rings. The number of nitrogens with two attached hydrogens (primary N) is 2. The van der Waals surface area contributed by atoms with E-state index in [1.54, 1.807) is 14.2 Å². The molecule has 0 aromatic carbocycles. The van der Waals surface area contributed by atoms with Crippen LogP contribution in [0.3, 0.4) is 0 Å². The van der Waals surface area contributed by atoms with Gasteiger partial charge in [-0.05, 0) is 6.42 Å². The van der Waals surface area contributed by atoms with E-state index >= 15 is 0 Å². The summed E-state index contributed by atoms with van der Waals surface area (Å²) in [6.45, 7) is 3.08. The predicted octanol–water partition coefficient (Wildman–Crippen LogP) is -0.0693. The summed E-state index contributed by atoms with van der Waals surface area (Å²) in [5, 5.41) is 0. The zero-order chi connectivity index (χ0) is 11.0. The first kappa shape index (κ1) is 14.0. The Kier molecular flexibility index (Phi) is 7.34. The summed E-state index contributed by atoms with van der Waals surface area (Å²) >= 11 is 0. The molecule has 0 saturated carbocycles. The van der Waals surface area contributed by atoms with E-state index in [4.69, 9.17) is 24.7 Å². The molecule has 0 aliphatic carbocycles. The minimum atomic E-state index is -2.55. The first-order valence-corrected chi connectivity index (χ1v) is 6.77. The van der Waals surface area contributed by atoms with Crippen molar-refractivity contribution in [3.63, 3.8) is 0 Å². The van der Waals surface area contributed by atoms with Crippen LogP contribution in [0.2, 0.25) is 6.04 Å². The second kappa shape index (κ2) is 7.33. The minimum Gasteiger partial charge on any atom is -0.377 e. The van der Waals surface area contributed by atoms with Crippen LogP contribution in [-0.4, -0.2) is 42.2 Å². The summed E-state index contributed by atoms with van der Waals surface area (Å²) in [6.07, 6.45) is 0.930. The van der Waals surface area contributed by atoms with E-state index in [1.807, 2.05) is 6.92 Å². The molecule has 0 bridgehead atoms. The molecule has 0 fully saturated rings. The highest BCUT2D eigenvalue weighted by atomic mass is 28.4. The smallest absolute Gasteiger partial charge is 0.377 e. The summed E-state index contributed by atoms with van der Waals surface area (Å²) in [5.41, 5.74) is 11.2. The van der Waals surface area contributed by atoms with Crippen LogP contribution in [-0.2, 0) is 13.3 Å². The molecule has 0 aliphatic rings. The average molecular weight is 222 g/mol. The van der Waals surface area contributed by atoms with Crippen LogP contribution in [0.25, 0.3) is 0 Å². The summed E-state index contributed by atoms with van der Waals surface area (Å²) in [5.74, 6) is 0. The van der Waals surface area contributed by atoms with E-state index in [2.05, 4.69) is 0 Å². The highest BCUT2D eigenvalue weighted by Crippen LogP contribution is 2.15. The molecule has 5 nitrogen and oxygen atoms in total. The van der Waals surface area contributed by atoms with E-state index in [9.17, 15) is 0 Å². The Labute approximate surface area is 87.1 Å². The van der Waals surface area contributed by atoms with E-state index < -0.39 is 8.80 Å². The third kappa shape index (κ3) is 4.49. The lowest BCUT2D eigenvalue weighted by molar-refractivity contribution is 0.0966. The van der Waals surface area contributed by atoms with Gasteiger partial charge in [0.15, 0.2) is 0 Å². The number of hydrogen-bond acceptors (Lipinski definition) is 5. The fourth-order valence-corrected chi connectivity index (χ4v) is 3.27. The van der Waals surface area contributed by atoms with Crippen molar-refractivity contribution >= 4 is 8.80 Å². The zero-order valence-corrected chi connectivity index (χ0v) is 10.3. The molecule has 0 rings (SSSR count). The molecule has 86 valence electrons. The first-order valence-electron chi connectivity index (χ1n) is 4.84. The second-order valence-electron chi connectivity index (χ2n) is 3.14. The molecular formula is C8H22N2O3Si. The standard InChI is InChI=1S/C8H22N2O3Si/c1-4-5-13-14(11-2,12-3)7-8(10)6-9/h8H,4-7,9-10H2,1-3H3. The van der Waals surface area contributed by atoms with Crippen LogP contribution in [0.4, 0.5) is 0 Å².